The highest BCUT2D eigenvalue weighted by Crippen LogP contribution is 2.15. The van der Waals surface area contributed by atoms with E-state index in [4.69, 9.17) is 11.6 Å². The summed E-state index contributed by atoms with van der Waals surface area (Å²) in [6, 6.07) is 0.499. The number of nitrogens with zero attached hydrogens (tertiary/aromatic N) is 2. The predicted octanol–water partition coefficient (Wildman–Crippen LogP) is 0.776. The maximum atomic E-state index is 11.5. The summed E-state index contributed by atoms with van der Waals surface area (Å²) in [6.07, 6.45) is 1.06. The quantitative estimate of drug-likeness (QED) is 0.621. The Morgan fingerprint density at radius 3 is 2.62 bits per heavy atom. The molecular formula is C9H17ClN2O. The summed E-state index contributed by atoms with van der Waals surface area (Å²) in [7, 11) is 4.09. The molecule has 0 N–H and O–H groups in total. The maximum absolute atomic E-state index is 11.5. The monoisotopic (exact) mass is 204 g/mol. The van der Waals surface area contributed by atoms with Crippen LogP contribution in [0.3, 0.4) is 0 Å². The molecule has 0 saturated carbocycles. The summed E-state index contributed by atoms with van der Waals surface area (Å²) in [5.41, 5.74) is 0. The summed E-state index contributed by atoms with van der Waals surface area (Å²) in [5, 5.41) is -0.388. The Bertz CT molecular complexity index is 194. The fraction of sp³-hybridized carbons (Fsp3) is 0.889. The van der Waals surface area contributed by atoms with Crippen LogP contribution in [0.15, 0.2) is 0 Å². The zero-order valence-corrected chi connectivity index (χ0v) is 9.21. The summed E-state index contributed by atoms with van der Waals surface area (Å²) < 4.78 is 0. The fourth-order valence-electron chi connectivity index (χ4n) is 1.62. The van der Waals surface area contributed by atoms with Gasteiger partial charge in [0.1, 0.15) is 5.38 Å². The van der Waals surface area contributed by atoms with Crippen molar-refractivity contribution in [2.75, 3.05) is 27.2 Å². The van der Waals surface area contributed by atoms with Crippen molar-refractivity contribution in [3.63, 3.8) is 0 Å². The van der Waals surface area contributed by atoms with E-state index < -0.39 is 0 Å². The Hall–Kier alpha value is -0.280. The molecule has 1 heterocycles. The van der Waals surface area contributed by atoms with E-state index in [1.807, 2.05) is 19.0 Å². The van der Waals surface area contributed by atoms with E-state index in [0.29, 0.717) is 6.04 Å². The zero-order chi connectivity index (χ0) is 10.0. The SMILES string of the molecule is CC(Cl)C(=O)N1CCC(N(C)C)C1. The highest BCUT2D eigenvalue weighted by Gasteiger charge is 2.28. The molecule has 76 valence electrons. The molecule has 1 aliphatic rings. The molecule has 0 aliphatic carbocycles. The first-order valence-corrected chi connectivity index (χ1v) is 5.05. The number of carbonyl (C=O) groups is 1. The minimum Gasteiger partial charge on any atom is -0.340 e. The molecule has 1 amide bonds. The molecule has 1 rings (SSSR count). The number of amides is 1. The molecule has 0 aromatic heterocycles. The van der Waals surface area contributed by atoms with Crippen molar-refractivity contribution in [3.8, 4) is 0 Å². The van der Waals surface area contributed by atoms with E-state index in [-0.39, 0.29) is 11.3 Å². The lowest BCUT2D eigenvalue weighted by Gasteiger charge is -2.21. The van der Waals surface area contributed by atoms with E-state index in [1.54, 1.807) is 6.92 Å². The molecule has 13 heavy (non-hydrogen) atoms. The summed E-state index contributed by atoms with van der Waals surface area (Å²) in [6.45, 7) is 3.40. The van der Waals surface area contributed by atoms with Gasteiger partial charge in [-0.3, -0.25) is 4.79 Å². The second kappa shape index (κ2) is 4.29. The van der Waals surface area contributed by atoms with Crippen molar-refractivity contribution >= 4 is 17.5 Å². The highest BCUT2D eigenvalue weighted by atomic mass is 35.5. The Kier molecular flexibility index (Phi) is 3.56. The van der Waals surface area contributed by atoms with Crippen LogP contribution in [0.2, 0.25) is 0 Å². The van der Waals surface area contributed by atoms with Gasteiger partial charge in [-0.05, 0) is 27.4 Å². The number of hydrogen-bond donors (Lipinski definition) is 0. The first-order valence-electron chi connectivity index (χ1n) is 4.61. The average Bonchev–Trinajstić information content (AvgIpc) is 2.50. The maximum Gasteiger partial charge on any atom is 0.240 e. The summed E-state index contributed by atoms with van der Waals surface area (Å²) in [4.78, 5) is 15.5. The van der Waals surface area contributed by atoms with E-state index in [9.17, 15) is 4.79 Å². The molecule has 2 atom stereocenters. The predicted molar refractivity (Wildman–Crippen MR) is 54.0 cm³/mol. The molecule has 4 heteroatoms. The summed E-state index contributed by atoms with van der Waals surface area (Å²) >= 11 is 5.73. The highest BCUT2D eigenvalue weighted by molar-refractivity contribution is 6.30. The number of alkyl halides is 1. The van der Waals surface area contributed by atoms with Gasteiger partial charge in [-0.1, -0.05) is 0 Å². The third-order valence-electron chi connectivity index (χ3n) is 2.55. The molecule has 1 fully saturated rings. The van der Waals surface area contributed by atoms with Gasteiger partial charge < -0.3 is 9.80 Å². The topological polar surface area (TPSA) is 23.6 Å². The number of likely N-dealkylation sites (N-methyl/N-ethyl adjacent to an activating group) is 1. The van der Waals surface area contributed by atoms with E-state index in [2.05, 4.69) is 4.90 Å². The second-order valence-electron chi connectivity index (χ2n) is 3.81. The van der Waals surface area contributed by atoms with Gasteiger partial charge >= 0.3 is 0 Å². The van der Waals surface area contributed by atoms with Gasteiger partial charge in [0.05, 0.1) is 0 Å². The molecule has 0 spiro atoms. The van der Waals surface area contributed by atoms with Crippen LogP contribution < -0.4 is 0 Å². The molecule has 0 aromatic rings. The number of rotatable bonds is 2. The van der Waals surface area contributed by atoms with Crippen LogP contribution in [0.4, 0.5) is 0 Å². The van der Waals surface area contributed by atoms with Crippen molar-refractivity contribution in [3.05, 3.63) is 0 Å². The largest absolute Gasteiger partial charge is 0.340 e. The molecular weight excluding hydrogens is 188 g/mol. The number of carbonyl (C=O) groups excluding carboxylic acids is 1. The molecule has 1 aliphatic heterocycles. The van der Waals surface area contributed by atoms with Gasteiger partial charge in [0.15, 0.2) is 0 Å². The van der Waals surface area contributed by atoms with E-state index >= 15 is 0 Å². The van der Waals surface area contributed by atoms with E-state index in [1.165, 1.54) is 0 Å². The zero-order valence-electron chi connectivity index (χ0n) is 8.46. The summed E-state index contributed by atoms with van der Waals surface area (Å²) in [5.74, 6) is 0.0611. The van der Waals surface area contributed by atoms with Crippen LogP contribution in [0, 0.1) is 0 Å². The first kappa shape index (κ1) is 10.8. The third-order valence-corrected chi connectivity index (χ3v) is 2.73. The Morgan fingerprint density at radius 1 is 1.62 bits per heavy atom. The lowest BCUT2D eigenvalue weighted by atomic mass is 10.2. The van der Waals surface area contributed by atoms with Crippen LogP contribution in [-0.2, 0) is 4.79 Å². The van der Waals surface area contributed by atoms with E-state index in [0.717, 1.165) is 19.5 Å². The second-order valence-corrected chi connectivity index (χ2v) is 4.46. The molecule has 2 unspecified atom stereocenters. The number of halogens is 1. The van der Waals surface area contributed by atoms with Gasteiger partial charge in [0, 0.05) is 19.1 Å². The molecule has 0 bridgehead atoms. The van der Waals surface area contributed by atoms with Crippen molar-refractivity contribution in [2.45, 2.75) is 24.8 Å². The average molecular weight is 205 g/mol. The standard InChI is InChI=1S/C9H17ClN2O/c1-7(10)9(13)12-5-4-8(6-12)11(2)3/h7-8H,4-6H2,1-3H3. The number of likely N-dealkylation sites (tertiary alicyclic amines) is 1. The van der Waals surface area contributed by atoms with Crippen molar-refractivity contribution in [1.29, 1.82) is 0 Å². The molecule has 0 radical (unpaired) electrons. The minimum absolute atomic E-state index is 0.0611. The Balaban J connectivity index is 2.45. The smallest absolute Gasteiger partial charge is 0.240 e. The van der Waals surface area contributed by atoms with Crippen molar-refractivity contribution in [2.24, 2.45) is 0 Å². The molecule has 1 saturated heterocycles. The molecule has 3 nitrogen and oxygen atoms in total. The normalized spacial score (nSPS) is 25.3. The number of hydrogen-bond acceptors (Lipinski definition) is 2. The van der Waals surface area contributed by atoms with Gasteiger partial charge in [0.25, 0.3) is 0 Å². The van der Waals surface area contributed by atoms with Crippen molar-refractivity contribution < 1.29 is 4.79 Å². The third kappa shape index (κ3) is 2.58. The first-order chi connectivity index (χ1) is 6.02. The lowest BCUT2D eigenvalue weighted by molar-refractivity contribution is -0.129. The Labute approximate surface area is 84.6 Å². The van der Waals surface area contributed by atoms with Gasteiger partial charge in [-0.25, -0.2) is 0 Å². The van der Waals surface area contributed by atoms with Gasteiger partial charge in [0.2, 0.25) is 5.91 Å². The van der Waals surface area contributed by atoms with Crippen LogP contribution >= 0.6 is 11.6 Å². The van der Waals surface area contributed by atoms with Crippen molar-refractivity contribution in [1.82, 2.24) is 9.80 Å². The minimum atomic E-state index is -0.388. The van der Waals surface area contributed by atoms with Crippen LogP contribution in [0.25, 0.3) is 0 Å². The molecule has 0 aromatic carbocycles. The van der Waals surface area contributed by atoms with Crippen LogP contribution in [0.5, 0.6) is 0 Å². The Morgan fingerprint density at radius 2 is 2.23 bits per heavy atom. The van der Waals surface area contributed by atoms with Crippen LogP contribution in [0.1, 0.15) is 13.3 Å². The van der Waals surface area contributed by atoms with Gasteiger partial charge in [-0.15, -0.1) is 11.6 Å². The van der Waals surface area contributed by atoms with Gasteiger partial charge in [-0.2, -0.15) is 0 Å². The van der Waals surface area contributed by atoms with Crippen LogP contribution in [-0.4, -0.2) is 54.3 Å². The lowest BCUT2D eigenvalue weighted by Crippen LogP contribution is -2.37. The fourth-order valence-corrected chi connectivity index (χ4v) is 1.75.